The van der Waals surface area contributed by atoms with Crippen LogP contribution in [0, 0.1) is 10.1 Å². The molecular weight excluding hydrogens is 254 g/mol. The van der Waals surface area contributed by atoms with Crippen molar-refractivity contribution in [2.75, 3.05) is 0 Å². The molecule has 0 fully saturated rings. The first kappa shape index (κ1) is 12.5. The molecule has 0 amide bonds. The van der Waals surface area contributed by atoms with Gasteiger partial charge in [0.15, 0.2) is 0 Å². The quantitative estimate of drug-likeness (QED) is 0.670. The van der Waals surface area contributed by atoms with Crippen LogP contribution in [0.2, 0.25) is 0 Å². The second-order valence-electron chi connectivity index (χ2n) is 3.35. The smallest absolute Gasteiger partial charge is 0.274 e. The van der Waals surface area contributed by atoms with Crippen molar-refractivity contribution in [3.05, 3.63) is 52.5 Å². The Bertz CT molecular complexity index is 563. The molecule has 0 saturated carbocycles. The molecule has 7 heteroatoms. The molecule has 0 aliphatic rings. The molecule has 0 spiro atoms. The van der Waals surface area contributed by atoms with Crippen molar-refractivity contribution >= 4 is 17.4 Å². The lowest BCUT2D eigenvalue weighted by atomic mass is 10.2. The summed E-state index contributed by atoms with van der Waals surface area (Å²) in [7, 11) is 0. The van der Waals surface area contributed by atoms with Gasteiger partial charge >= 0.3 is 0 Å². The number of nitrogens with zero attached hydrogens (tertiary/aromatic N) is 3. The number of nitro groups is 1. The average molecular weight is 263 g/mol. The van der Waals surface area contributed by atoms with E-state index >= 15 is 0 Å². The van der Waals surface area contributed by atoms with E-state index in [1.807, 2.05) is 0 Å². The Kier molecular flexibility index (Phi) is 3.85. The number of hydrogen-bond acceptors (Lipinski definition) is 6. The van der Waals surface area contributed by atoms with Crippen LogP contribution in [0.5, 0.6) is 0 Å². The van der Waals surface area contributed by atoms with Gasteiger partial charge in [-0.2, -0.15) is 0 Å². The third-order valence-corrected chi connectivity index (χ3v) is 3.09. The summed E-state index contributed by atoms with van der Waals surface area (Å²) in [6, 6.07) is 4.58. The Morgan fingerprint density at radius 2 is 2.22 bits per heavy atom. The maximum Gasteiger partial charge on any atom is 0.274 e. The molecule has 0 saturated heterocycles. The van der Waals surface area contributed by atoms with E-state index in [2.05, 4.69) is 9.97 Å². The van der Waals surface area contributed by atoms with Crippen molar-refractivity contribution in [2.24, 2.45) is 0 Å². The fourth-order valence-corrected chi connectivity index (χ4v) is 2.19. The number of aliphatic hydroxyl groups excluding tert-OH is 1. The van der Waals surface area contributed by atoms with E-state index in [1.165, 1.54) is 17.8 Å². The second-order valence-corrected chi connectivity index (χ2v) is 4.45. The molecule has 0 unspecified atom stereocenters. The van der Waals surface area contributed by atoms with Crippen LogP contribution >= 0.6 is 11.8 Å². The van der Waals surface area contributed by atoms with Gasteiger partial charge in [0.05, 0.1) is 23.3 Å². The van der Waals surface area contributed by atoms with Crippen LogP contribution in [0.3, 0.4) is 0 Å². The zero-order valence-electron chi connectivity index (χ0n) is 9.18. The van der Waals surface area contributed by atoms with Gasteiger partial charge in [-0.25, -0.2) is 4.98 Å². The van der Waals surface area contributed by atoms with Crippen LogP contribution in [0.1, 0.15) is 5.56 Å². The highest BCUT2D eigenvalue weighted by Gasteiger charge is 2.13. The number of aromatic nitrogens is 2. The molecule has 1 heterocycles. The molecule has 1 N–H and O–H groups in total. The number of benzene rings is 1. The van der Waals surface area contributed by atoms with E-state index < -0.39 is 4.92 Å². The van der Waals surface area contributed by atoms with Gasteiger partial charge in [0.2, 0.25) is 0 Å². The maximum absolute atomic E-state index is 10.7. The lowest BCUT2D eigenvalue weighted by Gasteiger charge is -2.03. The predicted octanol–water partition coefficient (Wildman–Crippen LogP) is 2.03. The summed E-state index contributed by atoms with van der Waals surface area (Å²) in [5.41, 5.74) is 0.204. The summed E-state index contributed by atoms with van der Waals surface area (Å²) in [5.74, 6) is 0. The highest BCUT2D eigenvalue weighted by atomic mass is 32.2. The molecule has 1 aromatic carbocycles. The standard InChI is InChI=1S/C11H9N3O3S/c15-7-8-5-9(1-2-10(8)14(16)17)18-11-6-12-3-4-13-11/h1-6,15H,7H2. The van der Waals surface area contributed by atoms with E-state index in [1.54, 1.807) is 30.7 Å². The van der Waals surface area contributed by atoms with Gasteiger partial charge in [-0.05, 0) is 12.1 Å². The maximum atomic E-state index is 10.7. The van der Waals surface area contributed by atoms with Crippen molar-refractivity contribution in [3.8, 4) is 0 Å². The third kappa shape index (κ3) is 2.82. The minimum Gasteiger partial charge on any atom is -0.391 e. The average Bonchev–Trinajstić information content (AvgIpc) is 2.39. The lowest BCUT2D eigenvalue weighted by Crippen LogP contribution is -1.95. The van der Waals surface area contributed by atoms with Gasteiger partial charge < -0.3 is 5.11 Å². The van der Waals surface area contributed by atoms with Crippen LogP contribution in [0.25, 0.3) is 0 Å². The van der Waals surface area contributed by atoms with E-state index in [0.29, 0.717) is 5.03 Å². The summed E-state index contributed by atoms with van der Waals surface area (Å²) < 4.78 is 0. The summed E-state index contributed by atoms with van der Waals surface area (Å²) >= 11 is 1.33. The first-order chi connectivity index (χ1) is 8.70. The van der Waals surface area contributed by atoms with Crippen LogP contribution in [-0.4, -0.2) is 20.0 Å². The van der Waals surface area contributed by atoms with Crippen LogP contribution in [0.4, 0.5) is 5.69 Å². The first-order valence-electron chi connectivity index (χ1n) is 5.03. The van der Waals surface area contributed by atoms with Gasteiger partial charge in [0.25, 0.3) is 5.69 Å². The van der Waals surface area contributed by atoms with Gasteiger partial charge in [-0.15, -0.1) is 0 Å². The number of rotatable bonds is 4. The zero-order valence-corrected chi connectivity index (χ0v) is 10.0. The molecule has 92 valence electrons. The molecule has 0 aliphatic carbocycles. The molecule has 0 radical (unpaired) electrons. The van der Waals surface area contributed by atoms with E-state index in [4.69, 9.17) is 5.11 Å². The van der Waals surface area contributed by atoms with Gasteiger partial charge in [-0.1, -0.05) is 11.8 Å². The fraction of sp³-hybridized carbons (Fsp3) is 0.0909. The number of aliphatic hydroxyl groups is 1. The van der Waals surface area contributed by atoms with Crippen molar-refractivity contribution in [2.45, 2.75) is 16.5 Å². The lowest BCUT2D eigenvalue weighted by molar-refractivity contribution is -0.385. The summed E-state index contributed by atoms with van der Waals surface area (Å²) in [6.07, 6.45) is 4.74. The Labute approximate surface area is 107 Å². The molecule has 18 heavy (non-hydrogen) atoms. The Balaban J connectivity index is 2.28. The van der Waals surface area contributed by atoms with Crippen molar-refractivity contribution < 1.29 is 10.0 Å². The minimum atomic E-state index is -0.512. The molecule has 2 aromatic rings. The Morgan fingerprint density at radius 1 is 1.39 bits per heavy atom. The fourth-order valence-electron chi connectivity index (χ4n) is 1.39. The van der Waals surface area contributed by atoms with Crippen molar-refractivity contribution in [3.63, 3.8) is 0 Å². The van der Waals surface area contributed by atoms with E-state index in [-0.39, 0.29) is 17.9 Å². The zero-order chi connectivity index (χ0) is 13.0. The Morgan fingerprint density at radius 3 is 2.83 bits per heavy atom. The molecule has 6 nitrogen and oxygen atoms in total. The summed E-state index contributed by atoms with van der Waals surface area (Å²) in [4.78, 5) is 19.0. The minimum absolute atomic E-state index is 0.0824. The Hall–Kier alpha value is -1.99. The first-order valence-corrected chi connectivity index (χ1v) is 5.84. The largest absolute Gasteiger partial charge is 0.391 e. The van der Waals surface area contributed by atoms with E-state index in [9.17, 15) is 10.1 Å². The molecule has 0 bridgehead atoms. The van der Waals surface area contributed by atoms with Crippen LogP contribution in [-0.2, 0) is 6.61 Å². The summed E-state index contributed by atoms with van der Waals surface area (Å²) in [6.45, 7) is -0.370. The van der Waals surface area contributed by atoms with Gasteiger partial charge in [0, 0.05) is 23.4 Å². The number of hydrogen-bond donors (Lipinski definition) is 1. The molecule has 2 rings (SSSR count). The predicted molar refractivity (Wildman–Crippen MR) is 65.2 cm³/mol. The number of nitro benzene ring substituents is 1. The molecular formula is C11H9N3O3S. The van der Waals surface area contributed by atoms with Crippen molar-refractivity contribution in [1.82, 2.24) is 9.97 Å². The van der Waals surface area contributed by atoms with E-state index in [0.717, 1.165) is 4.90 Å². The second kappa shape index (κ2) is 5.56. The molecule has 1 aromatic heterocycles. The van der Waals surface area contributed by atoms with Crippen molar-refractivity contribution in [1.29, 1.82) is 0 Å². The molecule has 0 aliphatic heterocycles. The van der Waals surface area contributed by atoms with Gasteiger partial charge in [0.1, 0.15) is 5.03 Å². The third-order valence-electron chi connectivity index (χ3n) is 2.18. The highest BCUT2D eigenvalue weighted by Crippen LogP contribution is 2.29. The van der Waals surface area contributed by atoms with Crippen LogP contribution < -0.4 is 0 Å². The normalized spacial score (nSPS) is 10.3. The van der Waals surface area contributed by atoms with Gasteiger partial charge in [-0.3, -0.25) is 15.1 Å². The monoisotopic (exact) mass is 263 g/mol. The highest BCUT2D eigenvalue weighted by molar-refractivity contribution is 7.99. The molecule has 0 atom stereocenters. The SMILES string of the molecule is O=[N+]([O-])c1ccc(Sc2cnccn2)cc1CO. The van der Waals surface area contributed by atoms with Crippen LogP contribution in [0.15, 0.2) is 46.7 Å². The topological polar surface area (TPSA) is 89.2 Å². The summed E-state index contributed by atoms with van der Waals surface area (Å²) in [5, 5.41) is 20.5.